The number of hydrogen-bond donors (Lipinski definition) is 3. The van der Waals surface area contributed by atoms with Crippen molar-refractivity contribution in [2.45, 2.75) is 0 Å². The highest BCUT2D eigenvalue weighted by Gasteiger charge is 2.11. The van der Waals surface area contributed by atoms with Gasteiger partial charge in [-0.2, -0.15) is 0 Å². The largest absolute Gasteiger partial charge is 0.478 e. The number of nitrogens with zero attached hydrogens (tertiary/aromatic N) is 1. The Bertz CT molecular complexity index is 688. The van der Waals surface area contributed by atoms with Gasteiger partial charge in [-0.3, -0.25) is 9.78 Å². The molecule has 2 rings (SSSR count). The van der Waals surface area contributed by atoms with E-state index in [2.05, 4.69) is 26.2 Å². The lowest BCUT2D eigenvalue weighted by atomic mass is 10.1. The second-order valence-corrected chi connectivity index (χ2v) is 4.87. The molecule has 6 nitrogen and oxygen atoms in total. The number of rotatable bonds is 3. The molecular weight excluding hydrogens is 326 g/mol. The molecule has 0 bridgehead atoms. The monoisotopic (exact) mass is 335 g/mol. The molecule has 0 fully saturated rings. The summed E-state index contributed by atoms with van der Waals surface area (Å²) >= 11 is 3.25. The predicted octanol–water partition coefficient (Wildman–Crippen LogP) is 2.38. The maximum Gasteiger partial charge on any atom is 0.337 e. The van der Waals surface area contributed by atoms with E-state index < -0.39 is 11.9 Å². The van der Waals surface area contributed by atoms with Gasteiger partial charge in [0.05, 0.1) is 23.0 Å². The number of carbonyl (C=O) groups excluding carboxylic acids is 1. The van der Waals surface area contributed by atoms with Crippen molar-refractivity contribution < 1.29 is 14.7 Å². The van der Waals surface area contributed by atoms with Gasteiger partial charge >= 0.3 is 5.97 Å². The fourth-order valence-electron chi connectivity index (χ4n) is 1.56. The van der Waals surface area contributed by atoms with Gasteiger partial charge in [0.15, 0.2) is 0 Å². The van der Waals surface area contributed by atoms with Crippen LogP contribution in [0.25, 0.3) is 0 Å². The van der Waals surface area contributed by atoms with Crippen LogP contribution >= 0.6 is 15.9 Å². The third-order valence-electron chi connectivity index (χ3n) is 2.50. The molecule has 0 aliphatic carbocycles. The van der Waals surface area contributed by atoms with Crippen LogP contribution in [-0.2, 0) is 0 Å². The number of hydrogen-bond acceptors (Lipinski definition) is 4. The highest BCUT2D eigenvalue weighted by Crippen LogP contribution is 2.20. The number of nitrogen functional groups attached to an aromatic ring is 1. The molecule has 1 aromatic carbocycles. The summed E-state index contributed by atoms with van der Waals surface area (Å²) in [5, 5.41) is 11.4. The summed E-state index contributed by atoms with van der Waals surface area (Å²) in [4.78, 5) is 26.6. The minimum absolute atomic E-state index is 0.00780. The summed E-state index contributed by atoms with van der Waals surface area (Å²) in [5.41, 5.74) is 6.65. The van der Waals surface area contributed by atoms with Crippen LogP contribution in [0, 0.1) is 0 Å². The number of aromatic nitrogens is 1. The van der Waals surface area contributed by atoms with E-state index in [1.807, 2.05) is 0 Å². The van der Waals surface area contributed by atoms with Crippen molar-refractivity contribution in [3.63, 3.8) is 0 Å². The quantitative estimate of drug-likeness (QED) is 0.747. The van der Waals surface area contributed by atoms with Crippen LogP contribution in [0.3, 0.4) is 0 Å². The Balaban J connectivity index is 2.23. The molecule has 4 N–H and O–H groups in total. The lowest BCUT2D eigenvalue weighted by molar-refractivity contribution is 0.0696. The number of carbonyl (C=O) groups is 2. The first kappa shape index (κ1) is 14.0. The molecule has 2 aromatic rings. The molecule has 0 unspecified atom stereocenters. The molecular formula is C13H10BrN3O3. The molecule has 0 radical (unpaired) electrons. The van der Waals surface area contributed by atoms with Gasteiger partial charge in [-0.15, -0.1) is 0 Å². The van der Waals surface area contributed by atoms with Crippen molar-refractivity contribution in [3.05, 3.63) is 52.3 Å². The molecule has 0 aliphatic heterocycles. The van der Waals surface area contributed by atoms with Gasteiger partial charge in [0, 0.05) is 16.4 Å². The van der Waals surface area contributed by atoms with E-state index in [4.69, 9.17) is 10.8 Å². The van der Waals surface area contributed by atoms with Crippen molar-refractivity contribution in [2.75, 3.05) is 11.1 Å². The Morgan fingerprint density at radius 3 is 2.65 bits per heavy atom. The molecule has 7 heteroatoms. The van der Waals surface area contributed by atoms with E-state index >= 15 is 0 Å². The number of carboxylic acid groups (broad SMARTS) is 1. The zero-order valence-electron chi connectivity index (χ0n) is 10.1. The van der Waals surface area contributed by atoms with Crippen LogP contribution in [0.2, 0.25) is 0 Å². The molecule has 20 heavy (non-hydrogen) atoms. The van der Waals surface area contributed by atoms with Crippen LogP contribution in [-0.4, -0.2) is 22.0 Å². The van der Waals surface area contributed by atoms with Gasteiger partial charge in [0.1, 0.15) is 0 Å². The zero-order valence-corrected chi connectivity index (χ0v) is 11.7. The molecule has 0 spiro atoms. The van der Waals surface area contributed by atoms with Crippen LogP contribution < -0.4 is 11.1 Å². The van der Waals surface area contributed by atoms with E-state index in [1.165, 1.54) is 18.5 Å². The minimum Gasteiger partial charge on any atom is -0.478 e. The summed E-state index contributed by atoms with van der Waals surface area (Å²) in [7, 11) is 0. The minimum atomic E-state index is -1.11. The van der Waals surface area contributed by atoms with Crippen molar-refractivity contribution in [2.24, 2.45) is 0 Å². The third kappa shape index (κ3) is 3.12. The number of amides is 1. The summed E-state index contributed by atoms with van der Waals surface area (Å²) in [6.07, 6.45) is 2.56. The lowest BCUT2D eigenvalue weighted by Gasteiger charge is -2.08. The predicted molar refractivity (Wildman–Crippen MR) is 77.7 cm³/mol. The molecule has 1 aromatic heterocycles. The zero-order chi connectivity index (χ0) is 14.7. The first-order valence-corrected chi connectivity index (χ1v) is 6.31. The maximum atomic E-state index is 12.0. The number of anilines is 2. The van der Waals surface area contributed by atoms with Crippen LogP contribution in [0.5, 0.6) is 0 Å². The van der Waals surface area contributed by atoms with Gasteiger partial charge in [-0.05, 0) is 24.3 Å². The first-order valence-electron chi connectivity index (χ1n) is 5.52. The Morgan fingerprint density at radius 1 is 1.25 bits per heavy atom. The van der Waals surface area contributed by atoms with Crippen LogP contribution in [0.15, 0.2) is 41.1 Å². The summed E-state index contributed by atoms with van der Waals surface area (Å²) < 4.78 is 0.765. The molecule has 102 valence electrons. The second-order valence-electron chi connectivity index (χ2n) is 3.95. The molecule has 1 amide bonds. The van der Waals surface area contributed by atoms with Crippen molar-refractivity contribution in [3.8, 4) is 0 Å². The average Bonchev–Trinajstić information content (AvgIpc) is 2.38. The normalized spacial score (nSPS) is 10.1. The Kier molecular flexibility index (Phi) is 3.99. The number of aromatic carboxylic acids is 1. The van der Waals surface area contributed by atoms with Gasteiger partial charge in [0.25, 0.3) is 5.91 Å². The Labute approximate surface area is 122 Å². The summed E-state index contributed by atoms with van der Waals surface area (Å²) in [5.74, 6) is -1.55. The molecule has 0 aliphatic rings. The maximum absolute atomic E-state index is 12.0. The number of halogens is 1. The number of nitrogens with two attached hydrogens (primary N) is 1. The van der Waals surface area contributed by atoms with E-state index in [9.17, 15) is 9.59 Å². The Hall–Kier alpha value is -2.41. The highest BCUT2D eigenvalue weighted by atomic mass is 79.9. The topological polar surface area (TPSA) is 105 Å². The first-order chi connectivity index (χ1) is 9.47. The third-order valence-corrected chi connectivity index (χ3v) is 2.99. The van der Waals surface area contributed by atoms with E-state index in [0.717, 1.165) is 4.47 Å². The Morgan fingerprint density at radius 2 is 2.00 bits per heavy atom. The van der Waals surface area contributed by atoms with E-state index in [1.54, 1.807) is 18.2 Å². The standard InChI is InChI=1S/C13H10BrN3O3/c14-8-1-2-10(11(15)4-8)12(18)17-9-3-7(13(19)20)5-16-6-9/h1-6H,15H2,(H,17,18)(H,19,20). The van der Waals surface area contributed by atoms with E-state index in [-0.39, 0.29) is 11.3 Å². The molecule has 0 saturated heterocycles. The average molecular weight is 336 g/mol. The SMILES string of the molecule is Nc1cc(Br)ccc1C(=O)Nc1cncc(C(=O)O)c1. The summed E-state index contributed by atoms with van der Waals surface area (Å²) in [6.45, 7) is 0. The van der Waals surface area contributed by atoms with Crippen molar-refractivity contribution >= 4 is 39.2 Å². The number of pyridine rings is 1. The van der Waals surface area contributed by atoms with Crippen LogP contribution in [0.1, 0.15) is 20.7 Å². The van der Waals surface area contributed by atoms with E-state index in [0.29, 0.717) is 11.3 Å². The number of nitrogens with one attached hydrogen (secondary N) is 1. The summed E-state index contributed by atoms with van der Waals surface area (Å²) in [6, 6.07) is 6.20. The van der Waals surface area contributed by atoms with Crippen molar-refractivity contribution in [1.29, 1.82) is 0 Å². The van der Waals surface area contributed by atoms with Gasteiger partial charge < -0.3 is 16.2 Å². The molecule has 1 heterocycles. The number of carboxylic acids is 1. The van der Waals surface area contributed by atoms with Crippen molar-refractivity contribution in [1.82, 2.24) is 4.98 Å². The molecule has 0 saturated carbocycles. The smallest absolute Gasteiger partial charge is 0.337 e. The van der Waals surface area contributed by atoms with Gasteiger partial charge in [0.2, 0.25) is 0 Å². The fourth-order valence-corrected chi connectivity index (χ4v) is 1.94. The number of benzene rings is 1. The lowest BCUT2D eigenvalue weighted by Crippen LogP contribution is -2.14. The highest BCUT2D eigenvalue weighted by molar-refractivity contribution is 9.10. The van der Waals surface area contributed by atoms with Gasteiger partial charge in [-0.25, -0.2) is 4.79 Å². The molecule has 0 atom stereocenters. The van der Waals surface area contributed by atoms with Gasteiger partial charge in [-0.1, -0.05) is 15.9 Å². The van der Waals surface area contributed by atoms with Crippen LogP contribution in [0.4, 0.5) is 11.4 Å². The second kappa shape index (κ2) is 5.70. The fraction of sp³-hybridized carbons (Fsp3) is 0.